The summed E-state index contributed by atoms with van der Waals surface area (Å²) < 4.78 is 41.2. The number of hydrogen-bond donors (Lipinski definition) is 1. The van der Waals surface area contributed by atoms with Crippen LogP contribution < -0.4 is 0 Å². The van der Waals surface area contributed by atoms with Gasteiger partial charge < -0.3 is 5.11 Å². The molecule has 0 spiro atoms. The van der Waals surface area contributed by atoms with Gasteiger partial charge >= 0.3 is 5.97 Å². The summed E-state index contributed by atoms with van der Waals surface area (Å²) >= 11 is 0. The van der Waals surface area contributed by atoms with E-state index in [9.17, 15) is 22.7 Å². The molecule has 1 heterocycles. The number of aryl methyl sites for hydroxylation is 1. The molecule has 0 aliphatic carbocycles. The van der Waals surface area contributed by atoms with Crippen molar-refractivity contribution >= 4 is 33.0 Å². The van der Waals surface area contributed by atoms with E-state index < -0.39 is 21.8 Å². The van der Waals surface area contributed by atoms with Crippen molar-refractivity contribution in [3.63, 3.8) is 0 Å². The maximum Gasteiger partial charge on any atom is 0.331 e. The number of carboxylic acid groups (broad SMARTS) is 1. The third-order valence-corrected chi connectivity index (χ3v) is 6.04. The molecule has 3 aromatic rings. The molecule has 1 N–H and O–H groups in total. The monoisotopic (exact) mass is 387 g/mol. The van der Waals surface area contributed by atoms with Crippen LogP contribution in [0.5, 0.6) is 0 Å². The van der Waals surface area contributed by atoms with Crippen molar-refractivity contribution in [2.75, 3.05) is 0 Å². The highest BCUT2D eigenvalue weighted by Crippen LogP contribution is 2.28. The SMILES string of the molecule is CC/C(=C\c1cc2cc(F)ccc2n1S(=O)(=O)c1ccc(C)cc1)C(=O)O. The minimum Gasteiger partial charge on any atom is -0.478 e. The number of halogens is 1. The van der Waals surface area contributed by atoms with Crippen molar-refractivity contribution in [1.82, 2.24) is 3.97 Å². The van der Waals surface area contributed by atoms with Crippen molar-refractivity contribution in [3.05, 3.63) is 71.2 Å². The Hall–Kier alpha value is -2.93. The van der Waals surface area contributed by atoms with E-state index in [2.05, 4.69) is 0 Å². The van der Waals surface area contributed by atoms with E-state index in [-0.39, 0.29) is 28.1 Å². The summed E-state index contributed by atoms with van der Waals surface area (Å²) in [5.74, 6) is -1.63. The first kappa shape index (κ1) is 18.8. The highest BCUT2D eigenvalue weighted by molar-refractivity contribution is 7.90. The van der Waals surface area contributed by atoms with E-state index >= 15 is 0 Å². The number of aromatic nitrogens is 1. The first-order chi connectivity index (χ1) is 12.7. The van der Waals surface area contributed by atoms with Gasteiger partial charge in [0.15, 0.2) is 0 Å². The van der Waals surface area contributed by atoms with Gasteiger partial charge in [0.25, 0.3) is 10.0 Å². The Labute approximate surface area is 156 Å². The zero-order chi connectivity index (χ0) is 19.8. The van der Waals surface area contributed by atoms with Gasteiger partial charge in [-0.15, -0.1) is 0 Å². The third-order valence-electron chi connectivity index (χ3n) is 4.28. The second-order valence-corrected chi connectivity index (χ2v) is 7.97. The molecular formula is C20H18FNO4S. The number of fused-ring (bicyclic) bond motifs is 1. The number of benzene rings is 2. The molecule has 1 aromatic heterocycles. The summed E-state index contributed by atoms with van der Waals surface area (Å²) in [7, 11) is -4.01. The van der Waals surface area contributed by atoms with Gasteiger partial charge in [-0.25, -0.2) is 21.6 Å². The number of carbonyl (C=O) groups is 1. The maximum atomic E-state index is 13.6. The molecule has 140 valence electrons. The Balaban J connectivity index is 2.34. The fourth-order valence-electron chi connectivity index (χ4n) is 2.86. The van der Waals surface area contributed by atoms with E-state index in [0.29, 0.717) is 5.39 Å². The van der Waals surface area contributed by atoms with Crippen LogP contribution in [0.2, 0.25) is 0 Å². The van der Waals surface area contributed by atoms with E-state index in [4.69, 9.17) is 0 Å². The fourth-order valence-corrected chi connectivity index (χ4v) is 4.36. The number of rotatable bonds is 5. The molecule has 3 rings (SSSR count). The van der Waals surface area contributed by atoms with Crippen LogP contribution in [0.3, 0.4) is 0 Å². The largest absolute Gasteiger partial charge is 0.478 e. The lowest BCUT2D eigenvalue weighted by Crippen LogP contribution is -2.14. The summed E-state index contributed by atoms with van der Waals surface area (Å²) in [6, 6.07) is 11.6. The van der Waals surface area contributed by atoms with E-state index in [0.717, 1.165) is 9.54 Å². The van der Waals surface area contributed by atoms with E-state index in [1.54, 1.807) is 19.1 Å². The third kappa shape index (κ3) is 3.50. The highest BCUT2D eigenvalue weighted by Gasteiger charge is 2.23. The summed E-state index contributed by atoms with van der Waals surface area (Å²) in [5, 5.41) is 9.68. The van der Waals surface area contributed by atoms with E-state index in [1.807, 2.05) is 6.92 Å². The molecular weight excluding hydrogens is 369 g/mol. The van der Waals surface area contributed by atoms with Crippen LogP contribution in [0.1, 0.15) is 24.6 Å². The first-order valence-electron chi connectivity index (χ1n) is 8.31. The molecule has 0 aliphatic heterocycles. The average molecular weight is 387 g/mol. The van der Waals surface area contributed by atoms with Crippen LogP contribution in [-0.4, -0.2) is 23.5 Å². The molecule has 2 aromatic carbocycles. The van der Waals surface area contributed by atoms with Crippen molar-refractivity contribution in [3.8, 4) is 0 Å². The summed E-state index contributed by atoms with van der Waals surface area (Å²) in [6.07, 6.45) is 1.53. The van der Waals surface area contributed by atoms with Crippen LogP contribution in [0.25, 0.3) is 17.0 Å². The number of hydrogen-bond acceptors (Lipinski definition) is 3. The van der Waals surface area contributed by atoms with Crippen LogP contribution in [0, 0.1) is 12.7 Å². The van der Waals surface area contributed by atoms with Gasteiger partial charge in [-0.1, -0.05) is 24.6 Å². The second-order valence-electron chi connectivity index (χ2n) is 6.18. The lowest BCUT2D eigenvalue weighted by molar-refractivity contribution is -0.132. The quantitative estimate of drug-likeness (QED) is 0.666. The maximum absolute atomic E-state index is 13.6. The van der Waals surface area contributed by atoms with Gasteiger partial charge in [-0.2, -0.15) is 0 Å². The highest BCUT2D eigenvalue weighted by atomic mass is 32.2. The van der Waals surface area contributed by atoms with Crippen molar-refractivity contribution < 1.29 is 22.7 Å². The predicted octanol–water partition coefficient (Wildman–Crippen LogP) is 4.20. The molecule has 0 amide bonds. The predicted molar refractivity (Wildman–Crippen MR) is 102 cm³/mol. The van der Waals surface area contributed by atoms with Gasteiger partial charge in [-0.3, -0.25) is 0 Å². The Morgan fingerprint density at radius 2 is 1.81 bits per heavy atom. The first-order valence-corrected chi connectivity index (χ1v) is 9.75. The Bertz CT molecular complexity index is 1160. The second kappa shape index (κ2) is 7.00. The molecule has 0 aliphatic rings. The molecule has 0 saturated heterocycles. The zero-order valence-corrected chi connectivity index (χ0v) is 15.6. The lowest BCUT2D eigenvalue weighted by Gasteiger charge is -2.11. The van der Waals surface area contributed by atoms with Gasteiger partial charge in [0, 0.05) is 11.0 Å². The summed E-state index contributed by atoms with van der Waals surface area (Å²) in [6.45, 7) is 3.51. The smallest absolute Gasteiger partial charge is 0.331 e. The molecule has 27 heavy (non-hydrogen) atoms. The van der Waals surface area contributed by atoms with Crippen molar-refractivity contribution in [2.45, 2.75) is 25.2 Å². The van der Waals surface area contributed by atoms with Gasteiger partial charge in [0.05, 0.1) is 16.1 Å². The number of aliphatic carboxylic acids is 1. The summed E-state index contributed by atoms with van der Waals surface area (Å²) in [4.78, 5) is 11.5. The van der Waals surface area contributed by atoms with Crippen LogP contribution in [0.4, 0.5) is 4.39 Å². The Morgan fingerprint density at radius 1 is 1.15 bits per heavy atom. The molecule has 0 unspecified atom stereocenters. The van der Waals surface area contributed by atoms with E-state index in [1.165, 1.54) is 42.5 Å². The Morgan fingerprint density at radius 3 is 2.41 bits per heavy atom. The molecule has 5 nitrogen and oxygen atoms in total. The molecule has 0 atom stereocenters. The van der Waals surface area contributed by atoms with Crippen molar-refractivity contribution in [2.24, 2.45) is 0 Å². The van der Waals surface area contributed by atoms with Gasteiger partial charge in [-0.05, 0) is 55.8 Å². The van der Waals surface area contributed by atoms with Gasteiger partial charge in [0.1, 0.15) is 5.82 Å². The van der Waals surface area contributed by atoms with Crippen molar-refractivity contribution in [1.29, 1.82) is 0 Å². The van der Waals surface area contributed by atoms with Crippen LogP contribution in [0.15, 0.2) is 59.0 Å². The van der Waals surface area contributed by atoms with Crippen LogP contribution >= 0.6 is 0 Å². The molecule has 0 saturated carbocycles. The lowest BCUT2D eigenvalue weighted by atomic mass is 10.1. The van der Waals surface area contributed by atoms with Crippen LogP contribution in [-0.2, 0) is 14.8 Å². The molecule has 0 radical (unpaired) electrons. The zero-order valence-electron chi connectivity index (χ0n) is 14.8. The number of carboxylic acids is 1. The minimum absolute atomic E-state index is 0.0543. The topological polar surface area (TPSA) is 76.4 Å². The Kier molecular flexibility index (Phi) is 4.89. The molecule has 0 bridgehead atoms. The molecule has 7 heteroatoms. The van der Waals surface area contributed by atoms with Gasteiger partial charge in [0.2, 0.25) is 0 Å². The minimum atomic E-state index is -4.01. The fraction of sp³-hybridized carbons (Fsp3) is 0.150. The summed E-state index contributed by atoms with van der Waals surface area (Å²) in [5.41, 5.74) is 1.41. The normalized spacial score (nSPS) is 12.5. The molecule has 0 fully saturated rings. The number of nitrogens with zero attached hydrogens (tertiary/aromatic N) is 1. The average Bonchev–Trinajstić information content (AvgIpc) is 2.97. The standard InChI is InChI=1S/C20H18FNO4S/c1-3-14(20(23)24)11-17-12-15-10-16(21)6-9-19(15)22(17)27(25,26)18-7-4-13(2)5-8-18/h4-12H,3H2,1-2H3,(H,23,24)/b14-11+.